The molecule has 4 aromatic rings. The Bertz CT molecular complexity index is 1100. The molecule has 2 heterocycles. The van der Waals surface area contributed by atoms with E-state index in [0.717, 1.165) is 37.0 Å². The summed E-state index contributed by atoms with van der Waals surface area (Å²) in [7, 11) is 0. The summed E-state index contributed by atoms with van der Waals surface area (Å²) in [4.78, 5) is 13.2. The van der Waals surface area contributed by atoms with Gasteiger partial charge >= 0.3 is 0 Å². The highest BCUT2D eigenvalue weighted by Gasteiger charge is 2.13. The molecule has 0 unspecified atom stereocenters. The summed E-state index contributed by atoms with van der Waals surface area (Å²) in [5.41, 5.74) is 2.30. The largest absolute Gasteiger partial charge is 0.322 e. The summed E-state index contributed by atoms with van der Waals surface area (Å²) in [5.74, 6) is 0.706. The molecule has 0 saturated heterocycles. The number of nitrogens with one attached hydrogen (secondary N) is 1. The molecule has 1 amide bonds. The smallest absolute Gasteiger partial charge is 0.255 e. The number of benzene rings is 2. The number of aryl methyl sites for hydroxylation is 1. The molecule has 130 valence electrons. The Morgan fingerprint density at radius 1 is 1.19 bits per heavy atom. The van der Waals surface area contributed by atoms with Crippen LogP contribution >= 0.6 is 33.9 Å². The molecular weight excluding hydrogens is 461 g/mol. The van der Waals surface area contributed by atoms with Crippen LogP contribution in [0.5, 0.6) is 0 Å². The predicted octanol–water partition coefficient (Wildman–Crippen LogP) is 4.27. The molecule has 0 aliphatic heterocycles. The number of carbonyl (C=O) groups excluding carboxylic acids is 1. The van der Waals surface area contributed by atoms with E-state index in [1.165, 1.54) is 11.3 Å². The molecule has 0 atom stereocenters. The fourth-order valence-electron chi connectivity index (χ4n) is 2.56. The molecule has 2 aromatic carbocycles. The number of fused-ring (bicyclic) bond motifs is 1. The van der Waals surface area contributed by atoms with E-state index in [2.05, 4.69) is 43.2 Å². The SMILES string of the molecule is CCc1nnc2sc(-c3cccc(NC(=O)c4cccc(I)c4)c3)nn12. The number of rotatable bonds is 4. The van der Waals surface area contributed by atoms with Crippen molar-refractivity contribution in [1.29, 1.82) is 0 Å². The zero-order valence-electron chi connectivity index (χ0n) is 13.8. The monoisotopic (exact) mass is 475 g/mol. The van der Waals surface area contributed by atoms with Crippen LogP contribution < -0.4 is 5.32 Å². The van der Waals surface area contributed by atoms with Crippen molar-refractivity contribution < 1.29 is 4.79 Å². The molecule has 0 saturated carbocycles. The average molecular weight is 475 g/mol. The van der Waals surface area contributed by atoms with E-state index in [0.29, 0.717) is 5.56 Å². The van der Waals surface area contributed by atoms with E-state index in [1.807, 2.05) is 49.4 Å². The molecule has 6 nitrogen and oxygen atoms in total. The molecule has 4 rings (SSSR count). The number of nitrogens with zero attached hydrogens (tertiary/aromatic N) is 4. The standard InChI is InChI=1S/C18H14IN5OS/c1-2-15-21-22-18-24(15)23-17(26-18)12-6-4-8-14(10-12)20-16(25)11-5-3-7-13(19)9-11/h3-10H,2H2,1H3,(H,20,25). The molecule has 0 fully saturated rings. The highest BCUT2D eigenvalue weighted by molar-refractivity contribution is 14.1. The van der Waals surface area contributed by atoms with Crippen LogP contribution in [-0.2, 0) is 6.42 Å². The van der Waals surface area contributed by atoms with Crippen LogP contribution in [0.3, 0.4) is 0 Å². The van der Waals surface area contributed by atoms with Crippen molar-refractivity contribution in [3.8, 4) is 10.6 Å². The topological polar surface area (TPSA) is 72.2 Å². The minimum atomic E-state index is -0.132. The van der Waals surface area contributed by atoms with E-state index >= 15 is 0 Å². The number of anilines is 1. The quantitative estimate of drug-likeness (QED) is 0.448. The van der Waals surface area contributed by atoms with Crippen LogP contribution in [0.4, 0.5) is 5.69 Å². The van der Waals surface area contributed by atoms with Gasteiger partial charge in [-0.15, -0.1) is 10.2 Å². The first-order valence-corrected chi connectivity index (χ1v) is 9.92. The van der Waals surface area contributed by atoms with Crippen molar-refractivity contribution >= 4 is 50.5 Å². The number of hydrogen-bond donors (Lipinski definition) is 1. The summed E-state index contributed by atoms with van der Waals surface area (Å²) in [6.07, 6.45) is 0.774. The first-order valence-electron chi connectivity index (χ1n) is 8.02. The molecule has 2 aromatic heterocycles. The number of carbonyl (C=O) groups is 1. The Kier molecular flexibility index (Phi) is 4.68. The maximum absolute atomic E-state index is 12.4. The van der Waals surface area contributed by atoms with Crippen LogP contribution in [0.25, 0.3) is 15.5 Å². The highest BCUT2D eigenvalue weighted by Crippen LogP contribution is 2.27. The Morgan fingerprint density at radius 2 is 2.04 bits per heavy atom. The van der Waals surface area contributed by atoms with Crippen LogP contribution in [0.15, 0.2) is 48.5 Å². The van der Waals surface area contributed by atoms with Gasteiger partial charge in [-0.25, -0.2) is 0 Å². The van der Waals surface area contributed by atoms with Gasteiger partial charge in [0.15, 0.2) is 5.82 Å². The van der Waals surface area contributed by atoms with E-state index in [9.17, 15) is 4.79 Å². The maximum atomic E-state index is 12.4. The van der Waals surface area contributed by atoms with Gasteiger partial charge in [0.25, 0.3) is 5.91 Å². The lowest BCUT2D eigenvalue weighted by molar-refractivity contribution is 0.102. The third-order valence-electron chi connectivity index (χ3n) is 3.83. The molecule has 0 aliphatic rings. The molecule has 0 aliphatic carbocycles. The third kappa shape index (κ3) is 3.34. The van der Waals surface area contributed by atoms with Gasteiger partial charge in [0.2, 0.25) is 4.96 Å². The van der Waals surface area contributed by atoms with E-state index in [1.54, 1.807) is 10.6 Å². The van der Waals surface area contributed by atoms with Crippen LogP contribution in [0, 0.1) is 3.57 Å². The van der Waals surface area contributed by atoms with Crippen LogP contribution in [0.2, 0.25) is 0 Å². The van der Waals surface area contributed by atoms with Crippen molar-refractivity contribution in [2.24, 2.45) is 0 Å². The van der Waals surface area contributed by atoms with Gasteiger partial charge < -0.3 is 5.32 Å². The lowest BCUT2D eigenvalue weighted by atomic mass is 10.2. The molecule has 1 N–H and O–H groups in total. The average Bonchev–Trinajstić information content (AvgIpc) is 3.22. The second-order valence-electron chi connectivity index (χ2n) is 5.62. The van der Waals surface area contributed by atoms with Crippen molar-refractivity contribution in [2.75, 3.05) is 5.32 Å². The Labute approximate surface area is 167 Å². The zero-order chi connectivity index (χ0) is 18.1. The molecule has 8 heteroatoms. The second-order valence-corrected chi connectivity index (χ2v) is 7.82. The van der Waals surface area contributed by atoms with Crippen molar-refractivity contribution in [3.05, 3.63) is 63.5 Å². The van der Waals surface area contributed by atoms with Crippen molar-refractivity contribution in [3.63, 3.8) is 0 Å². The lowest BCUT2D eigenvalue weighted by Gasteiger charge is -2.07. The summed E-state index contributed by atoms with van der Waals surface area (Å²) >= 11 is 3.67. The second kappa shape index (κ2) is 7.12. The Hall–Kier alpha value is -2.33. The summed E-state index contributed by atoms with van der Waals surface area (Å²) in [5, 5.41) is 16.7. The molecule has 0 spiro atoms. The van der Waals surface area contributed by atoms with Crippen molar-refractivity contribution in [1.82, 2.24) is 19.8 Å². The molecule has 26 heavy (non-hydrogen) atoms. The number of hydrogen-bond acceptors (Lipinski definition) is 5. The predicted molar refractivity (Wildman–Crippen MR) is 111 cm³/mol. The zero-order valence-corrected chi connectivity index (χ0v) is 16.8. The normalized spacial score (nSPS) is 11.0. The van der Waals surface area contributed by atoms with Gasteiger partial charge in [-0.3, -0.25) is 4.79 Å². The highest BCUT2D eigenvalue weighted by atomic mass is 127. The van der Waals surface area contributed by atoms with Gasteiger partial charge in [-0.2, -0.15) is 9.61 Å². The van der Waals surface area contributed by atoms with E-state index in [-0.39, 0.29) is 5.91 Å². The third-order valence-corrected chi connectivity index (χ3v) is 5.44. The molecule has 0 radical (unpaired) electrons. The minimum absolute atomic E-state index is 0.132. The van der Waals surface area contributed by atoms with Gasteiger partial charge in [-0.1, -0.05) is 36.5 Å². The van der Waals surface area contributed by atoms with E-state index in [4.69, 9.17) is 0 Å². The fourth-order valence-corrected chi connectivity index (χ4v) is 3.96. The summed E-state index contributed by atoms with van der Waals surface area (Å²) in [6.45, 7) is 2.02. The Balaban J connectivity index is 1.61. The summed E-state index contributed by atoms with van der Waals surface area (Å²) < 4.78 is 2.80. The van der Waals surface area contributed by atoms with Crippen LogP contribution in [0.1, 0.15) is 23.1 Å². The van der Waals surface area contributed by atoms with Gasteiger partial charge in [0, 0.05) is 26.8 Å². The maximum Gasteiger partial charge on any atom is 0.255 e. The summed E-state index contributed by atoms with van der Waals surface area (Å²) in [6, 6.07) is 15.1. The van der Waals surface area contributed by atoms with E-state index < -0.39 is 0 Å². The number of halogens is 1. The van der Waals surface area contributed by atoms with Crippen LogP contribution in [-0.4, -0.2) is 25.7 Å². The van der Waals surface area contributed by atoms with Gasteiger partial charge in [0.1, 0.15) is 5.01 Å². The molecule has 0 bridgehead atoms. The Morgan fingerprint density at radius 3 is 2.85 bits per heavy atom. The number of amides is 1. The van der Waals surface area contributed by atoms with Gasteiger partial charge in [0.05, 0.1) is 0 Å². The lowest BCUT2D eigenvalue weighted by Crippen LogP contribution is -2.11. The molecular formula is C18H14IN5OS. The minimum Gasteiger partial charge on any atom is -0.322 e. The first kappa shape index (κ1) is 17.1. The first-order chi connectivity index (χ1) is 12.6. The van der Waals surface area contributed by atoms with Crippen molar-refractivity contribution in [2.45, 2.75) is 13.3 Å². The fraction of sp³-hybridized carbons (Fsp3) is 0.111. The van der Waals surface area contributed by atoms with Gasteiger partial charge in [-0.05, 0) is 52.9 Å². The number of aromatic nitrogens is 4.